The summed E-state index contributed by atoms with van der Waals surface area (Å²) in [6, 6.07) is 13.6. The molecule has 5 nitrogen and oxygen atoms in total. The molecular weight excluding hydrogens is 329 g/mol. The van der Waals surface area contributed by atoms with E-state index < -0.39 is 16.8 Å². The van der Waals surface area contributed by atoms with Gasteiger partial charge in [-0.05, 0) is 55.6 Å². The van der Waals surface area contributed by atoms with Crippen LogP contribution in [0.1, 0.15) is 13.3 Å². The number of hydrogen-bond acceptors (Lipinski definition) is 5. The highest BCUT2D eigenvalue weighted by Gasteiger charge is 2.42. The lowest BCUT2D eigenvalue weighted by molar-refractivity contribution is 0.478. The zero-order valence-corrected chi connectivity index (χ0v) is 14.5. The van der Waals surface area contributed by atoms with E-state index in [4.69, 9.17) is 0 Å². The zero-order chi connectivity index (χ0) is 17.3. The number of nitrogens with zero attached hydrogens (tertiary/aromatic N) is 2. The smallest absolute Gasteiger partial charge is 0.148 e. The van der Waals surface area contributed by atoms with Gasteiger partial charge in [-0.3, -0.25) is 13.4 Å². The molecule has 0 aromatic heterocycles. The number of hydrogen-bond donors (Lipinski definition) is 3. The average Bonchev–Trinajstić information content (AvgIpc) is 2.79. The first kappa shape index (κ1) is 17.0. The van der Waals surface area contributed by atoms with Crippen LogP contribution in [0.15, 0.2) is 48.5 Å². The minimum absolute atomic E-state index is 0.161. The first-order chi connectivity index (χ1) is 11.5. The monoisotopic (exact) mass is 351 g/mol. The minimum Gasteiger partial charge on any atom is -0.317 e. The van der Waals surface area contributed by atoms with E-state index in [1.165, 1.54) is 10.4 Å². The molecule has 1 aliphatic heterocycles. The lowest BCUT2D eigenvalue weighted by Gasteiger charge is -2.44. The molecule has 3 N–H and O–H groups in total. The van der Waals surface area contributed by atoms with Crippen molar-refractivity contribution >= 4 is 28.0 Å². The Kier molecular flexibility index (Phi) is 4.69. The standard InChI is InChI=1S/C17H22FN3O2S/c1-13(19-2)11-12-20-16-9-5-6-10-17(16)21(24(20,22)23)15-8-4-3-7-14(15)18/h3-10,13,19,22-23H,11-12H2,1-2H3. The van der Waals surface area contributed by atoms with Crippen LogP contribution in [0.2, 0.25) is 0 Å². The van der Waals surface area contributed by atoms with Gasteiger partial charge in [0, 0.05) is 12.6 Å². The molecular formula is C17H22FN3O2S. The Balaban J connectivity index is 2.03. The zero-order valence-electron chi connectivity index (χ0n) is 13.7. The Hall–Kier alpha value is -1.80. The largest absolute Gasteiger partial charge is 0.317 e. The van der Waals surface area contributed by atoms with Crippen LogP contribution in [0.4, 0.5) is 21.5 Å². The second-order valence-electron chi connectivity index (χ2n) is 5.80. The minimum atomic E-state index is -3.37. The van der Waals surface area contributed by atoms with Crippen molar-refractivity contribution in [2.75, 3.05) is 22.2 Å². The van der Waals surface area contributed by atoms with Crippen molar-refractivity contribution in [3.8, 4) is 0 Å². The van der Waals surface area contributed by atoms with Gasteiger partial charge in [-0.2, -0.15) is 0 Å². The van der Waals surface area contributed by atoms with Gasteiger partial charge in [-0.15, -0.1) is 0 Å². The summed E-state index contributed by atoms with van der Waals surface area (Å²) in [5.41, 5.74) is 1.46. The molecule has 0 aliphatic carbocycles. The molecule has 130 valence electrons. The molecule has 1 heterocycles. The topological polar surface area (TPSA) is 59.0 Å². The molecule has 3 rings (SSSR count). The van der Waals surface area contributed by atoms with Crippen LogP contribution >= 0.6 is 11.0 Å². The summed E-state index contributed by atoms with van der Waals surface area (Å²) in [4.78, 5) is 0. The fourth-order valence-corrected chi connectivity index (χ4v) is 4.58. The van der Waals surface area contributed by atoms with Gasteiger partial charge in [0.2, 0.25) is 0 Å². The molecule has 7 heteroatoms. The fraction of sp³-hybridized carbons (Fsp3) is 0.294. The summed E-state index contributed by atoms with van der Waals surface area (Å²) in [5.74, 6) is -0.488. The van der Waals surface area contributed by atoms with Gasteiger partial charge in [0.1, 0.15) is 11.5 Å². The SMILES string of the molecule is CNC(C)CCN1c2ccccc2N(c2ccccc2F)S1(O)O. The molecule has 0 saturated heterocycles. The van der Waals surface area contributed by atoms with E-state index in [-0.39, 0.29) is 11.7 Å². The number of rotatable bonds is 5. The van der Waals surface area contributed by atoms with E-state index in [9.17, 15) is 13.5 Å². The number of anilines is 3. The van der Waals surface area contributed by atoms with Crippen molar-refractivity contribution in [1.82, 2.24) is 5.32 Å². The van der Waals surface area contributed by atoms with Gasteiger partial charge in [-0.25, -0.2) is 8.70 Å². The van der Waals surface area contributed by atoms with Crippen molar-refractivity contribution in [2.24, 2.45) is 0 Å². The Bertz CT molecular complexity index is 728. The van der Waals surface area contributed by atoms with Crippen molar-refractivity contribution in [3.05, 3.63) is 54.3 Å². The van der Waals surface area contributed by atoms with Gasteiger partial charge in [0.05, 0.1) is 11.4 Å². The maximum atomic E-state index is 14.3. The number of para-hydroxylation sites is 3. The molecule has 0 amide bonds. The molecule has 0 fully saturated rings. The van der Waals surface area contributed by atoms with Crippen molar-refractivity contribution < 1.29 is 13.5 Å². The number of benzene rings is 2. The van der Waals surface area contributed by atoms with Gasteiger partial charge in [-0.1, -0.05) is 24.3 Å². The Morgan fingerprint density at radius 2 is 1.62 bits per heavy atom. The predicted molar refractivity (Wildman–Crippen MR) is 98.3 cm³/mol. The first-order valence-corrected chi connectivity index (χ1v) is 9.30. The third-order valence-corrected chi connectivity index (χ3v) is 6.09. The van der Waals surface area contributed by atoms with E-state index in [1.807, 2.05) is 32.2 Å². The molecule has 0 bridgehead atoms. The summed E-state index contributed by atoms with van der Waals surface area (Å²) < 4.78 is 39.0. The summed E-state index contributed by atoms with van der Waals surface area (Å²) in [6.45, 7) is 2.48. The molecule has 1 atom stereocenters. The molecule has 1 aliphatic rings. The van der Waals surface area contributed by atoms with E-state index in [2.05, 4.69) is 5.32 Å². The highest BCUT2D eigenvalue weighted by molar-refractivity contribution is 8.27. The number of nitrogens with one attached hydrogen (secondary N) is 1. The lowest BCUT2D eigenvalue weighted by Crippen LogP contribution is -2.35. The van der Waals surface area contributed by atoms with E-state index in [1.54, 1.807) is 28.6 Å². The average molecular weight is 351 g/mol. The second-order valence-corrected chi connectivity index (χ2v) is 7.59. The Morgan fingerprint density at radius 1 is 1.04 bits per heavy atom. The third kappa shape index (κ3) is 2.84. The molecule has 24 heavy (non-hydrogen) atoms. The van der Waals surface area contributed by atoms with Crippen LogP contribution in [-0.4, -0.2) is 28.7 Å². The van der Waals surface area contributed by atoms with Gasteiger partial charge in [0.15, 0.2) is 0 Å². The number of fused-ring (bicyclic) bond motifs is 1. The quantitative estimate of drug-likeness (QED) is 0.747. The van der Waals surface area contributed by atoms with Gasteiger partial charge in [0.25, 0.3) is 0 Å². The van der Waals surface area contributed by atoms with Crippen LogP contribution in [0.25, 0.3) is 0 Å². The first-order valence-electron chi connectivity index (χ1n) is 7.84. The highest BCUT2D eigenvalue weighted by atomic mass is 32.3. The highest BCUT2D eigenvalue weighted by Crippen LogP contribution is 2.64. The van der Waals surface area contributed by atoms with Crippen LogP contribution in [0.5, 0.6) is 0 Å². The summed E-state index contributed by atoms with van der Waals surface area (Å²) in [6.07, 6.45) is 0.728. The maximum absolute atomic E-state index is 14.3. The molecule has 2 aromatic carbocycles. The fourth-order valence-electron chi connectivity index (χ4n) is 2.79. The van der Waals surface area contributed by atoms with E-state index in [0.29, 0.717) is 17.9 Å². The van der Waals surface area contributed by atoms with Crippen LogP contribution in [0, 0.1) is 5.82 Å². The van der Waals surface area contributed by atoms with Gasteiger partial charge < -0.3 is 5.32 Å². The normalized spacial score (nSPS) is 18.4. The maximum Gasteiger partial charge on any atom is 0.148 e. The summed E-state index contributed by atoms with van der Waals surface area (Å²) in [7, 11) is -1.50. The molecule has 0 spiro atoms. The van der Waals surface area contributed by atoms with Crippen LogP contribution < -0.4 is 13.9 Å². The molecule has 2 aromatic rings. The summed E-state index contributed by atoms with van der Waals surface area (Å²) >= 11 is 0. The van der Waals surface area contributed by atoms with E-state index >= 15 is 0 Å². The van der Waals surface area contributed by atoms with Crippen LogP contribution in [0.3, 0.4) is 0 Å². The van der Waals surface area contributed by atoms with Crippen molar-refractivity contribution in [1.29, 1.82) is 0 Å². The molecule has 1 unspecified atom stereocenters. The van der Waals surface area contributed by atoms with Crippen LogP contribution in [-0.2, 0) is 0 Å². The lowest BCUT2D eigenvalue weighted by atomic mass is 10.2. The number of halogens is 1. The molecule has 0 saturated carbocycles. The predicted octanol–water partition coefficient (Wildman–Crippen LogP) is 4.36. The van der Waals surface area contributed by atoms with Crippen molar-refractivity contribution in [2.45, 2.75) is 19.4 Å². The third-order valence-electron chi connectivity index (χ3n) is 4.24. The summed E-state index contributed by atoms with van der Waals surface area (Å²) in [5, 5.41) is 3.14. The Morgan fingerprint density at radius 3 is 2.25 bits per heavy atom. The second kappa shape index (κ2) is 6.60. The molecule has 0 radical (unpaired) electrons. The van der Waals surface area contributed by atoms with E-state index in [0.717, 1.165) is 6.42 Å². The van der Waals surface area contributed by atoms with Crippen molar-refractivity contribution in [3.63, 3.8) is 0 Å². The Labute approximate surface area is 143 Å². The van der Waals surface area contributed by atoms with Gasteiger partial charge >= 0.3 is 0 Å².